The highest BCUT2D eigenvalue weighted by molar-refractivity contribution is 7.09. The van der Waals surface area contributed by atoms with Crippen LogP contribution < -0.4 is 0 Å². The first-order valence-corrected chi connectivity index (χ1v) is 6.71. The Kier molecular flexibility index (Phi) is 2.74. The van der Waals surface area contributed by atoms with E-state index in [1.807, 2.05) is 18.4 Å². The Morgan fingerprint density at radius 2 is 2.32 bits per heavy atom. The van der Waals surface area contributed by atoms with Crippen LogP contribution in [0.15, 0.2) is 6.20 Å². The molecular weight excluding hydrogens is 266 g/mol. The molecule has 8 heteroatoms. The molecule has 1 atom stereocenters. The van der Waals surface area contributed by atoms with Crippen molar-refractivity contribution in [3.63, 3.8) is 0 Å². The first-order valence-electron chi connectivity index (χ1n) is 5.93. The van der Waals surface area contributed by atoms with E-state index in [9.17, 15) is 4.79 Å². The molecule has 0 saturated carbocycles. The van der Waals surface area contributed by atoms with Crippen molar-refractivity contribution >= 4 is 17.6 Å². The van der Waals surface area contributed by atoms with Crippen molar-refractivity contribution in [2.24, 2.45) is 0 Å². The second kappa shape index (κ2) is 4.30. The minimum absolute atomic E-state index is 0.193. The van der Waals surface area contributed by atoms with Gasteiger partial charge in [0.2, 0.25) is 0 Å². The van der Waals surface area contributed by atoms with Gasteiger partial charge in [-0.1, -0.05) is 0 Å². The van der Waals surface area contributed by atoms with Gasteiger partial charge in [-0.15, -0.1) is 0 Å². The largest absolute Gasteiger partial charge is 0.465 e. The molecule has 0 bridgehead atoms. The summed E-state index contributed by atoms with van der Waals surface area (Å²) < 4.78 is 6.19. The second-order valence-corrected chi connectivity index (χ2v) is 5.21. The van der Waals surface area contributed by atoms with Crippen LogP contribution in [-0.4, -0.2) is 41.6 Å². The Bertz CT molecular complexity index is 635. The maximum Gasteiger partial charge on any atom is 0.407 e. The van der Waals surface area contributed by atoms with Gasteiger partial charge in [0, 0.05) is 13.1 Å². The molecule has 100 valence electrons. The van der Waals surface area contributed by atoms with Crippen molar-refractivity contribution < 1.29 is 9.90 Å². The molecule has 1 aliphatic rings. The highest BCUT2D eigenvalue weighted by Gasteiger charge is 2.30. The van der Waals surface area contributed by atoms with Crippen LogP contribution >= 0.6 is 11.5 Å². The first-order chi connectivity index (χ1) is 9.08. The van der Waals surface area contributed by atoms with E-state index < -0.39 is 6.09 Å². The van der Waals surface area contributed by atoms with Crippen LogP contribution in [0.4, 0.5) is 4.79 Å². The Morgan fingerprint density at radius 1 is 1.53 bits per heavy atom. The van der Waals surface area contributed by atoms with Crippen molar-refractivity contribution in [3.8, 4) is 10.8 Å². The molecule has 0 radical (unpaired) electrons. The van der Waals surface area contributed by atoms with Crippen LogP contribution in [0.2, 0.25) is 0 Å². The fourth-order valence-electron chi connectivity index (χ4n) is 2.34. The Hall–Kier alpha value is -1.96. The van der Waals surface area contributed by atoms with Crippen molar-refractivity contribution in [3.05, 3.63) is 17.7 Å². The number of nitrogens with zero attached hydrogens (tertiary/aromatic N) is 5. The Balaban J connectivity index is 2.01. The summed E-state index contributed by atoms with van der Waals surface area (Å²) in [6.45, 7) is 4.77. The van der Waals surface area contributed by atoms with E-state index in [-0.39, 0.29) is 6.04 Å². The fourth-order valence-corrected chi connectivity index (χ4v) is 3.02. The number of aryl methyl sites for hydroxylation is 1. The summed E-state index contributed by atoms with van der Waals surface area (Å²) >= 11 is 1.31. The molecule has 0 aromatic carbocycles. The minimum Gasteiger partial charge on any atom is -0.465 e. The average Bonchev–Trinajstić information content (AvgIpc) is 2.95. The number of hydrogen-bond acceptors (Lipinski definition) is 5. The monoisotopic (exact) mass is 279 g/mol. The van der Waals surface area contributed by atoms with E-state index in [1.165, 1.54) is 16.4 Å². The van der Waals surface area contributed by atoms with Gasteiger partial charge < -0.3 is 9.67 Å². The summed E-state index contributed by atoms with van der Waals surface area (Å²) in [5.74, 6) is 1.51. The number of carbonyl (C=O) groups is 1. The van der Waals surface area contributed by atoms with E-state index in [0.29, 0.717) is 13.1 Å². The van der Waals surface area contributed by atoms with Crippen LogP contribution in [0.5, 0.6) is 0 Å². The number of hydrogen-bond donors (Lipinski definition) is 1. The number of rotatable bonds is 1. The van der Waals surface area contributed by atoms with Gasteiger partial charge in [0.25, 0.3) is 0 Å². The van der Waals surface area contributed by atoms with Crippen LogP contribution in [0.25, 0.3) is 10.8 Å². The van der Waals surface area contributed by atoms with Gasteiger partial charge >= 0.3 is 6.09 Å². The number of aromatic nitrogens is 4. The third-order valence-electron chi connectivity index (χ3n) is 3.31. The van der Waals surface area contributed by atoms with E-state index >= 15 is 0 Å². The molecule has 7 nitrogen and oxygen atoms in total. The molecule has 1 N–H and O–H groups in total. The molecule has 0 spiro atoms. The van der Waals surface area contributed by atoms with Crippen molar-refractivity contribution in [2.75, 3.05) is 6.54 Å². The number of carboxylic acid groups (broad SMARTS) is 1. The summed E-state index contributed by atoms with van der Waals surface area (Å²) in [7, 11) is 0. The normalized spacial score (nSPS) is 18.4. The Labute approximate surface area is 113 Å². The summed E-state index contributed by atoms with van der Waals surface area (Å²) in [6, 6.07) is -0.193. The molecule has 1 unspecified atom stereocenters. The highest BCUT2D eigenvalue weighted by Crippen LogP contribution is 2.30. The van der Waals surface area contributed by atoms with Gasteiger partial charge in [-0.25, -0.2) is 14.8 Å². The second-order valence-electron chi connectivity index (χ2n) is 4.46. The van der Waals surface area contributed by atoms with Crippen molar-refractivity contribution in [2.45, 2.75) is 26.4 Å². The molecule has 2 aromatic heterocycles. The fraction of sp³-hybridized carbons (Fsp3) is 0.455. The van der Waals surface area contributed by atoms with Crippen LogP contribution in [0.1, 0.15) is 24.5 Å². The summed E-state index contributed by atoms with van der Waals surface area (Å²) in [5, 5.41) is 9.91. The highest BCUT2D eigenvalue weighted by atomic mass is 32.1. The van der Waals surface area contributed by atoms with Crippen molar-refractivity contribution in [1.82, 2.24) is 23.8 Å². The SMILES string of the molecule is Cc1nsc(-c2ncc3n2CCN(C(=O)O)C3C)n1. The number of imidazole rings is 1. The van der Waals surface area contributed by atoms with Gasteiger partial charge in [-0.2, -0.15) is 4.37 Å². The van der Waals surface area contributed by atoms with Crippen LogP contribution in [0, 0.1) is 6.92 Å². The lowest BCUT2D eigenvalue weighted by Crippen LogP contribution is -2.40. The molecule has 0 fully saturated rings. The average molecular weight is 279 g/mol. The zero-order chi connectivity index (χ0) is 13.6. The van der Waals surface area contributed by atoms with Gasteiger partial charge in [0.05, 0.1) is 17.9 Å². The lowest BCUT2D eigenvalue weighted by Gasteiger charge is -2.32. The number of fused-ring (bicyclic) bond motifs is 1. The molecule has 0 saturated heterocycles. The first kappa shape index (κ1) is 12.1. The standard InChI is InChI=1S/C11H13N5O2S/c1-6-8-5-12-9(10-13-7(2)14-19-10)16(8)4-3-15(6)11(17)18/h5-6H,3-4H2,1-2H3,(H,17,18). The Morgan fingerprint density at radius 3 is 2.95 bits per heavy atom. The van der Waals surface area contributed by atoms with Crippen LogP contribution in [0.3, 0.4) is 0 Å². The summed E-state index contributed by atoms with van der Waals surface area (Å²) in [5.41, 5.74) is 0.900. The van der Waals surface area contributed by atoms with Gasteiger partial charge in [-0.3, -0.25) is 4.90 Å². The predicted molar refractivity (Wildman–Crippen MR) is 69.0 cm³/mol. The molecular formula is C11H13N5O2S. The smallest absolute Gasteiger partial charge is 0.407 e. The molecule has 1 aliphatic heterocycles. The lowest BCUT2D eigenvalue weighted by molar-refractivity contribution is 0.115. The summed E-state index contributed by atoms with van der Waals surface area (Å²) in [4.78, 5) is 21.3. The van der Waals surface area contributed by atoms with Gasteiger partial charge in [-0.05, 0) is 25.4 Å². The third-order valence-corrected chi connectivity index (χ3v) is 4.11. The molecule has 19 heavy (non-hydrogen) atoms. The van der Waals surface area contributed by atoms with Gasteiger partial charge in [0.15, 0.2) is 10.8 Å². The maximum atomic E-state index is 11.1. The lowest BCUT2D eigenvalue weighted by atomic mass is 10.2. The van der Waals surface area contributed by atoms with E-state index in [4.69, 9.17) is 5.11 Å². The predicted octanol–water partition coefficient (Wildman–Crippen LogP) is 1.76. The maximum absolute atomic E-state index is 11.1. The van der Waals surface area contributed by atoms with Gasteiger partial charge in [0.1, 0.15) is 5.82 Å². The molecule has 3 rings (SSSR count). The zero-order valence-corrected chi connectivity index (χ0v) is 11.4. The zero-order valence-electron chi connectivity index (χ0n) is 10.6. The number of amides is 1. The van der Waals surface area contributed by atoms with E-state index in [1.54, 1.807) is 6.20 Å². The van der Waals surface area contributed by atoms with Crippen LogP contribution in [-0.2, 0) is 6.54 Å². The van der Waals surface area contributed by atoms with E-state index in [2.05, 4.69) is 14.3 Å². The molecule has 1 amide bonds. The summed E-state index contributed by atoms with van der Waals surface area (Å²) in [6.07, 6.45) is 0.833. The third kappa shape index (κ3) is 1.88. The topological polar surface area (TPSA) is 84.1 Å². The van der Waals surface area contributed by atoms with E-state index in [0.717, 1.165) is 22.4 Å². The van der Waals surface area contributed by atoms with Crippen molar-refractivity contribution in [1.29, 1.82) is 0 Å². The molecule has 0 aliphatic carbocycles. The molecule has 3 heterocycles. The molecule has 2 aromatic rings. The minimum atomic E-state index is -0.895. The quantitative estimate of drug-likeness (QED) is 0.860.